The van der Waals surface area contributed by atoms with Gasteiger partial charge in [-0.05, 0) is 26.0 Å². The largest absolute Gasteiger partial charge is 0.448 e. The number of aromatic nitrogens is 3. The number of carbonyl (C=O) groups excluding carboxylic acids is 1. The molecule has 0 radical (unpaired) electrons. The highest BCUT2D eigenvalue weighted by Crippen LogP contribution is 2.23. The molecule has 0 fully saturated rings. The number of primary amides is 1. The zero-order valence-electron chi connectivity index (χ0n) is 10.8. The van der Waals surface area contributed by atoms with E-state index >= 15 is 0 Å². The molecule has 102 valence electrons. The van der Waals surface area contributed by atoms with Gasteiger partial charge in [0.15, 0.2) is 5.65 Å². The molecule has 6 nitrogen and oxygen atoms in total. The van der Waals surface area contributed by atoms with Crippen LogP contribution in [0.25, 0.3) is 11.2 Å². The molecule has 19 heavy (non-hydrogen) atoms. The predicted molar refractivity (Wildman–Crippen MR) is 72.1 cm³/mol. The summed E-state index contributed by atoms with van der Waals surface area (Å²) in [4.78, 5) is 19.5. The molecule has 0 spiro atoms. The summed E-state index contributed by atoms with van der Waals surface area (Å²) in [5, 5.41) is -0.261. The topological polar surface area (TPSA) is 83.0 Å². The Morgan fingerprint density at radius 3 is 2.89 bits per heavy atom. The Labute approximate surface area is 115 Å². The average molecular weight is 283 g/mol. The van der Waals surface area contributed by atoms with Crippen molar-refractivity contribution in [1.82, 2.24) is 14.5 Å². The minimum absolute atomic E-state index is 0.160. The van der Waals surface area contributed by atoms with Gasteiger partial charge in [-0.1, -0.05) is 0 Å². The van der Waals surface area contributed by atoms with E-state index in [1.807, 2.05) is 30.5 Å². The van der Waals surface area contributed by atoms with Gasteiger partial charge in [0.05, 0.1) is 11.9 Å². The van der Waals surface area contributed by atoms with Crippen molar-refractivity contribution in [2.75, 3.05) is 6.61 Å². The van der Waals surface area contributed by atoms with Crippen molar-refractivity contribution in [3.63, 3.8) is 0 Å². The number of fused-ring (bicyclic) bond motifs is 1. The molecule has 0 saturated carbocycles. The summed E-state index contributed by atoms with van der Waals surface area (Å²) in [6, 6.07) is 3.79. The van der Waals surface area contributed by atoms with Crippen molar-refractivity contribution in [2.45, 2.75) is 25.8 Å². The van der Waals surface area contributed by atoms with Gasteiger partial charge >= 0.3 is 6.09 Å². The van der Waals surface area contributed by atoms with Crippen LogP contribution in [0.5, 0.6) is 0 Å². The van der Waals surface area contributed by atoms with E-state index in [9.17, 15) is 4.79 Å². The number of imidazole rings is 1. The monoisotopic (exact) mass is 282 g/mol. The van der Waals surface area contributed by atoms with Crippen LogP contribution in [0.3, 0.4) is 0 Å². The number of carbonyl (C=O) groups is 1. The lowest BCUT2D eigenvalue weighted by Crippen LogP contribution is -2.18. The average Bonchev–Trinajstić information content (AvgIpc) is 2.67. The van der Waals surface area contributed by atoms with Gasteiger partial charge in [-0.15, -0.1) is 11.6 Å². The van der Waals surface area contributed by atoms with Crippen molar-refractivity contribution in [1.29, 1.82) is 0 Å². The van der Waals surface area contributed by atoms with Gasteiger partial charge in [0, 0.05) is 5.69 Å². The molecule has 2 heterocycles. The zero-order valence-corrected chi connectivity index (χ0v) is 11.5. The van der Waals surface area contributed by atoms with Crippen LogP contribution in [0, 0.1) is 6.92 Å². The van der Waals surface area contributed by atoms with Crippen LogP contribution in [0.2, 0.25) is 0 Å². The fourth-order valence-electron chi connectivity index (χ4n) is 1.88. The lowest BCUT2D eigenvalue weighted by molar-refractivity contribution is 0.152. The molecule has 1 unspecified atom stereocenters. The van der Waals surface area contributed by atoms with Gasteiger partial charge in [-0.25, -0.2) is 14.8 Å². The molecule has 1 atom stereocenters. The van der Waals surface area contributed by atoms with Crippen LogP contribution in [0.4, 0.5) is 4.79 Å². The first kappa shape index (κ1) is 13.6. The summed E-state index contributed by atoms with van der Waals surface area (Å²) in [7, 11) is 0. The van der Waals surface area contributed by atoms with Crippen LogP contribution < -0.4 is 5.73 Å². The zero-order chi connectivity index (χ0) is 14.0. The smallest absolute Gasteiger partial charge is 0.404 e. The number of pyridine rings is 1. The number of hydrogen-bond acceptors (Lipinski definition) is 4. The number of ether oxygens (including phenoxy) is 1. The van der Waals surface area contributed by atoms with Gasteiger partial charge in [0.1, 0.15) is 17.9 Å². The van der Waals surface area contributed by atoms with Gasteiger partial charge in [-0.3, -0.25) is 0 Å². The molecule has 1 amide bonds. The number of rotatable bonds is 4. The first-order valence-corrected chi connectivity index (χ1v) is 6.32. The number of aryl methyl sites for hydroxylation is 1. The second-order valence-corrected chi connectivity index (χ2v) is 4.86. The van der Waals surface area contributed by atoms with Crippen molar-refractivity contribution in [3.8, 4) is 0 Å². The summed E-state index contributed by atoms with van der Waals surface area (Å²) in [6.45, 7) is 4.32. The second kappa shape index (κ2) is 5.44. The van der Waals surface area contributed by atoms with Gasteiger partial charge in [-0.2, -0.15) is 0 Å². The minimum Gasteiger partial charge on any atom is -0.448 e. The molecular formula is C12H15ClN4O2. The van der Waals surface area contributed by atoms with Crippen molar-refractivity contribution < 1.29 is 9.53 Å². The van der Waals surface area contributed by atoms with Crippen LogP contribution in [0.1, 0.15) is 23.8 Å². The lowest BCUT2D eigenvalue weighted by Gasteiger charge is -2.09. The molecule has 0 aliphatic carbocycles. The molecule has 0 aliphatic rings. The molecule has 0 aliphatic heterocycles. The normalized spacial score (nSPS) is 12.6. The highest BCUT2D eigenvalue weighted by atomic mass is 35.5. The fourth-order valence-corrected chi connectivity index (χ4v) is 2.04. The number of nitrogens with zero attached hydrogens (tertiary/aromatic N) is 3. The third-order valence-corrected chi connectivity index (χ3v) is 2.87. The maximum absolute atomic E-state index is 10.6. The Bertz CT molecular complexity index is 609. The highest BCUT2D eigenvalue weighted by Gasteiger charge is 2.16. The number of halogens is 1. The molecule has 0 saturated heterocycles. The van der Waals surface area contributed by atoms with Crippen molar-refractivity contribution >= 4 is 28.9 Å². The van der Waals surface area contributed by atoms with Crippen LogP contribution in [-0.4, -0.2) is 27.2 Å². The Hall–Kier alpha value is -1.82. The summed E-state index contributed by atoms with van der Waals surface area (Å²) < 4.78 is 6.60. The van der Waals surface area contributed by atoms with E-state index < -0.39 is 6.09 Å². The van der Waals surface area contributed by atoms with E-state index in [0.29, 0.717) is 12.4 Å². The Morgan fingerprint density at radius 1 is 1.53 bits per heavy atom. The molecule has 2 aromatic rings. The van der Waals surface area contributed by atoms with E-state index in [0.717, 1.165) is 16.9 Å². The molecule has 2 aromatic heterocycles. The van der Waals surface area contributed by atoms with Crippen molar-refractivity contribution in [3.05, 3.63) is 23.7 Å². The first-order valence-electron chi connectivity index (χ1n) is 5.89. The lowest BCUT2D eigenvalue weighted by atomic mass is 10.3. The fraction of sp³-hybridized carbons (Fsp3) is 0.417. The van der Waals surface area contributed by atoms with Crippen LogP contribution >= 0.6 is 11.6 Å². The SMILES string of the molecule is Cc1ccc2nc(C(C)Cl)n(CCOC(N)=O)c2n1. The predicted octanol–water partition coefficient (Wildman–Crippen LogP) is 2.13. The minimum atomic E-state index is -0.797. The molecule has 2 rings (SSSR count). The molecule has 7 heteroatoms. The van der Waals surface area contributed by atoms with Crippen LogP contribution in [-0.2, 0) is 11.3 Å². The Kier molecular flexibility index (Phi) is 3.90. The number of amides is 1. The highest BCUT2D eigenvalue weighted by molar-refractivity contribution is 6.20. The standard InChI is InChI=1S/C12H15ClN4O2/c1-7-3-4-9-11(15-7)17(5-6-19-12(14)18)10(16-9)8(2)13/h3-4,8H,5-6H2,1-2H3,(H2,14,18). The molecular weight excluding hydrogens is 268 g/mol. The summed E-state index contributed by atoms with van der Waals surface area (Å²) in [5.41, 5.74) is 7.33. The maximum Gasteiger partial charge on any atom is 0.404 e. The van der Waals surface area contributed by atoms with Crippen molar-refractivity contribution in [2.24, 2.45) is 5.73 Å². The van der Waals surface area contributed by atoms with Gasteiger partial charge in [0.2, 0.25) is 0 Å². The second-order valence-electron chi connectivity index (χ2n) is 4.20. The maximum atomic E-state index is 10.6. The van der Waals surface area contributed by atoms with E-state index in [1.165, 1.54) is 0 Å². The number of alkyl halides is 1. The Morgan fingerprint density at radius 2 is 2.26 bits per heavy atom. The van der Waals surface area contributed by atoms with Gasteiger partial charge in [0.25, 0.3) is 0 Å². The molecule has 2 N–H and O–H groups in total. The number of nitrogens with two attached hydrogens (primary N) is 1. The summed E-state index contributed by atoms with van der Waals surface area (Å²) in [6.07, 6.45) is -0.797. The van der Waals surface area contributed by atoms with Gasteiger partial charge < -0.3 is 15.0 Å². The number of hydrogen-bond donors (Lipinski definition) is 1. The van der Waals surface area contributed by atoms with E-state index in [-0.39, 0.29) is 12.0 Å². The quantitative estimate of drug-likeness (QED) is 0.871. The Balaban J connectivity index is 2.39. The third kappa shape index (κ3) is 2.96. The molecule has 0 aromatic carbocycles. The van der Waals surface area contributed by atoms with E-state index in [2.05, 4.69) is 9.97 Å². The van der Waals surface area contributed by atoms with Crippen LogP contribution in [0.15, 0.2) is 12.1 Å². The third-order valence-electron chi connectivity index (χ3n) is 2.68. The molecule has 0 bridgehead atoms. The van der Waals surface area contributed by atoms with E-state index in [1.54, 1.807) is 0 Å². The van der Waals surface area contributed by atoms with E-state index in [4.69, 9.17) is 22.1 Å². The first-order chi connectivity index (χ1) is 8.99. The summed E-state index contributed by atoms with van der Waals surface area (Å²) >= 11 is 6.12. The summed E-state index contributed by atoms with van der Waals surface area (Å²) in [5.74, 6) is 0.697.